The van der Waals surface area contributed by atoms with Crippen molar-refractivity contribution in [1.82, 2.24) is 15.0 Å². The van der Waals surface area contributed by atoms with Gasteiger partial charge in [0.05, 0.1) is 20.3 Å². The molecule has 5 rings (SSSR count). The van der Waals surface area contributed by atoms with Gasteiger partial charge in [0.15, 0.2) is 0 Å². The van der Waals surface area contributed by atoms with Crippen molar-refractivity contribution < 1.29 is 19.0 Å². The number of ether oxygens (including phenoxy) is 3. The zero-order chi connectivity index (χ0) is 25.8. The molecule has 0 radical (unpaired) electrons. The lowest BCUT2D eigenvalue weighted by Gasteiger charge is -2.27. The summed E-state index contributed by atoms with van der Waals surface area (Å²) in [4.78, 5) is 14.9. The van der Waals surface area contributed by atoms with Gasteiger partial charge in [-0.3, -0.25) is 0 Å². The fourth-order valence-electron chi connectivity index (χ4n) is 4.53. The maximum Gasteiger partial charge on any atom is 0.364 e. The highest BCUT2D eigenvalue weighted by Crippen LogP contribution is 2.33. The van der Waals surface area contributed by atoms with E-state index >= 15 is 0 Å². The third kappa shape index (κ3) is 5.28. The SMILES string of the molecule is CCOC(=O)c1nnn(Cc2ccc(OC)cc2)c1Oc1ccc(-c2ccc3c(c2)CCCN3C)cc1. The van der Waals surface area contributed by atoms with Crippen LogP contribution in [0.2, 0.25) is 0 Å². The molecule has 0 fully saturated rings. The second kappa shape index (κ2) is 10.7. The molecule has 0 aliphatic carbocycles. The number of hydrogen-bond acceptors (Lipinski definition) is 7. The van der Waals surface area contributed by atoms with Gasteiger partial charge in [0.1, 0.15) is 11.5 Å². The third-order valence-corrected chi connectivity index (χ3v) is 6.48. The topological polar surface area (TPSA) is 78.7 Å². The second-order valence-electron chi connectivity index (χ2n) is 8.96. The maximum absolute atomic E-state index is 12.5. The molecule has 0 amide bonds. The summed E-state index contributed by atoms with van der Waals surface area (Å²) in [5, 5.41) is 8.23. The molecular formula is C29H30N4O4. The third-order valence-electron chi connectivity index (χ3n) is 6.48. The van der Waals surface area contributed by atoms with Crippen molar-refractivity contribution in [3.63, 3.8) is 0 Å². The number of benzene rings is 3. The van der Waals surface area contributed by atoms with Gasteiger partial charge in [-0.1, -0.05) is 35.5 Å². The first-order chi connectivity index (χ1) is 18.1. The van der Waals surface area contributed by atoms with Crippen LogP contribution in [0.1, 0.15) is 35.0 Å². The van der Waals surface area contributed by atoms with Crippen molar-refractivity contribution in [2.45, 2.75) is 26.3 Å². The molecule has 0 spiro atoms. The zero-order valence-electron chi connectivity index (χ0n) is 21.3. The van der Waals surface area contributed by atoms with Gasteiger partial charge in [0.2, 0.25) is 5.69 Å². The summed E-state index contributed by atoms with van der Waals surface area (Å²) >= 11 is 0. The first-order valence-corrected chi connectivity index (χ1v) is 12.4. The lowest BCUT2D eigenvalue weighted by atomic mass is 9.96. The van der Waals surface area contributed by atoms with Crippen LogP contribution < -0.4 is 14.4 Å². The van der Waals surface area contributed by atoms with E-state index in [4.69, 9.17) is 14.2 Å². The van der Waals surface area contributed by atoms with E-state index in [0.29, 0.717) is 12.3 Å². The number of anilines is 1. The molecule has 0 atom stereocenters. The van der Waals surface area contributed by atoms with Crippen LogP contribution >= 0.6 is 0 Å². The molecule has 0 unspecified atom stereocenters. The average molecular weight is 499 g/mol. The molecule has 1 aliphatic rings. The van der Waals surface area contributed by atoms with Crippen LogP contribution in [0.3, 0.4) is 0 Å². The summed E-state index contributed by atoms with van der Waals surface area (Å²) in [6.07, 6.45) is 2.26. The van der Waals surface area contributed by atoms with Gasteiger partial charge in [0, 0.05) is 19.3 Å². The summed E-state index contributed by atoms with van der Waals surface area (Å²) in [6.45, 7) is 3.44. The number of fused-ring (bicyclic) bond motifs is 1. The minimum Gasteiger partial charge on any atom is -0.497 e. The molecule has 0 saturated carbocycles. The Bertz CT molecular complexity index is 1380. The van der Waals surface area contributed by atoms with Crippen molar-refractivity contribution in [3.05, 3.63) is 83.6 Å². The van der Waals surface area contributed by atoms with Crippen LogP contribution in [-0.4, -0.2) is 48.3 Å². The molecule has 37 heavy (non-hydrogen) atoms. The molecule has 0 saturated heterocycles. The fraction of sp³-hybridized carbons (Fsp3) is 0.276. The largest absolute Gasteiger partial charge is 0.497 e. The van der Waals surface area contributed by atoms with Crippen molar-refractivity contribution in [2.24, 2.45) is 0 Å². The summed E-state index contributed by atoms with van der Waals surface area (Å²) in [7, 11) is 3.77. The quantitative estimate of drug-likeness (QED) is 0.303. The highest BCUT2D eigenvalue weighted by molar-refractivity contribution is 5.89. The normalized spacial score (nSPS) is 12.7. The maximum atomic E-state index is 12.5. The summed E-state index contributed by atoms with van der Waals surface area (Å²) in [5.41, 5.74) is 5.94. The molecule has 8 heteroatoms. The Morgan fingerprint density at radius 2 is 1.70 bits per heavy atom. The number of hydrogen-bond donors (Lipinski definition) is 0. The molecule has 0 N–H and O–H groups in total. The second-order valence-corrected chi connectivity index (χ2v) is 8.96. The van der Waals surface area contributed by atoms with E-state index in [1.807, 2.05) is 48.5 Å². The van der Waals surface area contributed by atoms with E-state index in [9.17, 15) is 4.79 Å². The first kappa shape index (κ1) is 24.4. The van der Waals surface area contributed by atoms with Gasteiger partial charge in [0.25, 0.3) is 5.88 Å². The van der Waals surface area contributed by atoms with Gasteiger partial charge in [-0.2, -0.15) is 0 Å². The number of nitrogens with zero attached hydrogens (tertiary/aromatic N) is 4. The standard InChI is InChI=1S/C29H30N4O4/c1-4-36-29(34)27-28(33(31-30-27)19-20-7-12-24(35-3)13-8-20)37-25-14-9-21(10-15-25)22-11-16-26-23(18-22)6-5-17-32(26)2/h7-16,18H,4-6,17,19H2,1-3H3. The number of methoxy groups -OCH3 is 1. The number of esters is 1. The van der Waals surface area contributed by atoms with Gasteiger partial charge >= 0.3 is 5.97 Å². The van der Waals surface area contributed by atoms with Crippen molar-refractivity contribution in [1.29, 1.82) is 0 Å². The average Bonchev–Trinajstić information content (AvgIpc) is 3.31. The van der Waals surface area contributed by atoms with E-state index in [1.165, 1.54) is 23.2 Å². The van der Waals surface area contributed by atoms with Crippen LogP contribution in [0.15, 0.2) is 66.7 Å². The van der Waals surface area contributed by atoms with Gasteiger partial charge < -0.3 is 19.1 Å². The number of aryl methyl sites for hydroxylation is 1. The molecule has 2 heterocycles. The number of carbonyl (C=O) groups is 1. The Morgan fingerprint density at radius 3 is 2.43 bits per heavy atom. The van der Waals surface area contributed by atoms with E-state index in [1.54, 1.807) is 18.7 Å². The molecule has 0 bridgehead atoms. The number of rotatable bonds is 8. The number of carbonyl (C=O) groups excluding carboxylic acids is 1. The Kier molecular flexibility index (Phi) is 7.07. The predicted octanol–water partition coefficient (Wildman–Crippen LogP) is 5.35. The molecule has 1 aromatic heterocycles. The lowest BCUT2D eigenvalue weighted by Crippen LogP contribution is -2.24. The van der Waals surface area contributed by atoms with Crippen LogP contribution in [0.25, 0.3) is 11.1 Å². The Labute approximate surface area is 216 Å². The molecule has 8 nitrogen and oxygen atoms in total. The van der Waals surface area contributed by atoms with Gasteiger partial charge in [-0.15, -0.1) is 5.10 Å². The Morgan fingerprint density at radius 1 is 0.973 bits per heavy atom. The van der Waals surface area contributed by atoms with Crippen molar-refractivity contribution in [2.75, 3.05) is 32.2 Å². The van der Waals surface area contributed by atoms with E-state index < -0.39 is 5.97 Å². The highest BCUT2D eigenvalue weighted by Gasteiger charge is 2.24. The monoisotopic (exact) mass is 498 g/mol. The fourth-order valence-corrected chi connectivity index (χ4v) is 4.53. The van der Waals surface area contributed by atoms with Crippen molar-refractivity contribution in [3.8, 4) is 28.5 Å². The summed E-state index contributed by atoms with van der Waals surface area (Å²) < 4.78 is 18.1. The first-order valence-electron chi connectivity index (χ1n) is 12.4. The van der Waals surface area contributed by atoms with Crippen LogP contribution in [0.5, 0.6) is 17.4 Å². The molecule has 1 aliphatic heterocycles. The molecule has 3 aromatic carbocycles. The van der Waals surface area contributed by atoms with Gasteiger partial charge in [-0.05, 0) is 78.4 Å². The Balaban J connectivity index is 1.40. The predicted molar refractivity (Wildman–Crippen MR) is 142 cm³/mol. The number of aromatic nitrogens is 3. The summed E-state index contributed by atoms with van der Waals surface area (Å²) in [6, 6.07) is 22.0. The van der Waals surface area contributed by atoms with Crippen LogP contribution in [0.4, 0.5) is 5.69 Å². The van der Waals surface area contributed by atoms with Gasteiger partial charge in [-0.25, -0.2) is 9.48 Å². The smallest absolute Gasteiger partial charge is 0.364 e. The summed E-state index contributed by atoms with van der Waals surface area (Å²) in [5.74, 6) is 0.996. The molecular weight excluding hydrogens is 468 g/mol. The highest BCUT2D eigenvalue weighted by atomic mass is 16.5. The van der Waals surface area contributed by atoms with E-state index in [-0.39, 0.29) is 18.2 Å². The lowest BCUT2D eigenvalue weighted by molar-refractivity contribution is 0.0516. The van der Waals surface area contributed by atoms with Crippen LogP contribution in [0, 0.1) is 0 Å². The molecule has 190 valence electrons. The van der Waals surface area contributed by atoms with Crippen molar-refractivity contribution >= 4 is 11.7 Å². The van der Waals surface area contributed by atoms with E-state index in [0.717, 1.165) is 29.8 Å². The molecule has 4 aromatic rings. The Hall–Kier alpha value is -4.33. The van der Waals surface area contributed by atoms with Crippen LogP contribution in [-0.2, 0) is 17.7 Å². The minimum absolute atomic E-state index is 0.0400. The zero-order valence-corrected chi connectivity index (χ0v) is 21.3. The van der Waals surface area contributed by atoms with E-state index in [2.05, 4.69) is 40.5 Å². The minimum atomic E-state index is -0.575.